The highest BCUT2D eigenvalue weighted by molar-refractivity contribution is 6.22. The molecule has 9 aromatic rings. The van der Waals surface area contributed by atoms with Crippen molar-refractivity contribution >= 4 is 65.2 Å². The summed E-state index contributed by atoms with van der Waals surface area (Å²) in [4.78, 5) is 1.74. The third-order valence-corrected chi connectivity index (χ3v) is 8.14. The Morgan fingerprint density at radius 1 is 0.425 bits per heavy atom. The van der Waals surface area contributed by atoms with Crippen LogP contribution in [0, 0.1) is 0 Å². The van der Waals surface area contributed by atoms with Gasteiger partial charge in [0.2, 0.25) is 0 Å². The molecule has 0 aliphatic heterocycles. The molecule has 0 bridgehead atoms. The molecule has 4 nitrogen and oxygen atoms in total. The summed E-state index contributed by atoms with van der Waals surface area (Å²) in [6.07, 6.45) is 0. The van der Waals surface area contributed by atoms with Gasteiger partial charge in [0.05, 0.1) is 16.7 Å². The summed E-state index contributed by atoms with van der Waals surface area (Å²) >= 11 is 0. The van der Waals surface area contributed by atoms with Crippen LogP contribution in [-0.4, -0.2) is 19.6 Å². The summed E-state index contributed by atoms with van der Waals surface area (Å²) < 4.78 is 2.40. The molecule has 9 rings (SSSR count). The van der Waals surface area contributed by atoms with E-state index in [0.717, 1.165) is 33.2 Å². The predicted molar refractivity (Wildman–Crippen MR) is 166 cm³/mol. The minimum Gasteiger partial charge on any atom is -0.309 e. The maximum atomic E-state index is 4.94. The molecule has 0 amide bonds. The van der Waals surface area contributed by atoms with Gasteiger partial charge in [-0.15, -0.1) is 10.2 Å². The Balaban J connectivity index is 1.32. The van der Waals surface area contributed by atoms with Crippen molar-refractivity contribution in [1.82, 2.24) is 19.6 Å². The number of hydrogen-bond acceptors (Lipinski definition) is 2. The Hall–Kier alpha value is -5.48. The van der Waals surface area contributed by atoms with E-state index in [1.807, 2.05) is 30.3 Å². The van der Waals surface area contributed by atoms with Crippen LogP contribution in [-0.2, 0) is 0 Å². The maximum absolute atomic E-state index is 4.94. The van der Waals surface area contributed by atoms with Gasteiger partial charge < -0.3 is 4.57 Å². The number of rotatable bonds is 2. The average molecular weight is 511 g/mol. The normalized spacial score (nSPS) is 12.0. The highest BCUT2D eigenvalue weighted by Crippen LogP contribution is 2.38. The fraction of sp³-hybridized carbons (Fsp3) is 0. The van der Waals surface area contributed by atoms with Gasteiger partial charge in [0.25, 0.3) is 0 Å². The first-order valence-electron chi connectivity index (χ1n) is 13.5. The molecule has 0 spiro atoms. The van der Waals surface area contributed by atoms with Gasteiger partial charge in [-0.25, -0.2) is 0 Å². The summed E-state index contributed by atoms with van der Waals surface area (Å²) in [6.45, 7) is 0. The van der Waals surface area contributed by atoms with Gasteiger partial charge in [-0.3, -0.25) is 0 Å². The largest absolute Gasteiger partial charge is 0.309 e. The molecule has 0 saturated heterocycles. The topological polar surface area (TPSA) is 35.6 Å². The van der Waals surface area contributed by atoms with Crippen LogP contribution in [0.3, 0.4) is 0 Å². The van der Waals surface area contributed by atoms with Crippen molar-refractivity contribution in [3.05, 3.63) is 133 Å². The van der Waals surface area contributed by atoms with Gasteiger partial charge in [0, 0.05) is 21.8 Å². The minimum absolute atomic E-state index is 0.891. The predicted octanol–water partition coefficient (Wildman–Crippen LogP) is 8.98. The second-order valence-electron chi connectivity index (χ2n) is 10.4. The second-order valence-corrected chi connectivity index (χ2v) is 10.4. The summed E-state index contributed by atoms with van der Waals surface area (Å²) in [7, 11) is 0. The minimum atomic E-state index is 0.891. The molecular formula is C36H22N4. The lowest BCUT2D eigenvalue weighted by Gasteiger charge is -2.11. The standard InChI is InChI=1S/C36H22N4/c1-2-9-26(10-3-1)40-37-31-20-16-24-14-15-25-22-27(18-19-29(25)34(24)36(31)38-40)39-32-13-7-6-12-30(32)35-28-11-5-4-8-23(28)17-21-33(35)39/h1-22H. The molecule has 0 N–H and O–H groups in total. The van der Waals surface area contributed by atoms with Crippen LogP contribution < -0.4 is 0 Å². The molecule has 40 heavy (non-hydrogen) atoms. The summed E-state index contributed by atoms with van der Waals surface area (Å²) in [5.41, 5.74) is 6.34. The lowest BCUT2D eigenvalue weighted by molar-refractivity contribution is 0.766. The summed E-state index contributed by atoms with van der Waals surface area (Å²) in [6, 6.07) is 47.4. The zero-order valence-electron chi connectivity index (χ0n) is 21.5. The van der Waals surface area contributed by atoms with Gasteiger partial charge in [0.1, 0.15) is 11.0 Å². The number of fused-ring (bicyclic) bond motifs is 10. The number of benzene rings is 7. The molecule has 0 fully saturated rings. The van der Waals surface area contributed by atoms with E-state index in [1.165, 1.54) is 43.4 Å². The smallest absolute Gasteiger partial charge is 0.122 e. The van der Waals surface area contributed by atoms with Crippen molar-refractivity contribution in [1.29, 1.82) is 0 Å². The highest BCUT2D eigenvalue weighted by atomic mass is 15.5. The van der Waals surface area contributed by atoms with Crippen LogP contribution in [0.15, 0.2) is 133 Å². The zero-order chi connectivity index (χ0) is 26.2. The first kappa shape index (κ1) is 21.5. The Labute approximate surface area is 229 Å². The monoisotopic (exact) mass is 510 g/mol. The van der Waals surface area contributed by atoms with Crippen LogP contribution >= 0.6 is 0 Å². The fourth-order valence-corrected chi connectivity index (χ4v) is 6.35. The fourth-order valence-electron chi connectivity index (χ4n) is 6.35. The first-order chi connectivity index (χ1) is 19.8. The Bertz CT molecular complexity index is 2430. The first-order valence-corrected chi connectivity index (χ1v) is 13.5. The van der Waals surface area contributed by atoms with E-state index in [-0.39, 0.29) is 0 Å². The van der Waals surface area contributed by atoms with Gasteiger partial charge in [-0.05, 0) is 69.4 Å². The van der Waals surface area contributed by atoms with E-state index in [0.29, 0.717) is 0 Å². The van der Waals surface area contributed by atoms with Crippen molar-refractivity contribution in [3.8, 4) is 11.4 Å². The lowest BCUT2D eigenvalue weighted by atomic mass is 10.00. The molecule has 4 heteroatoms. The Morgan fingerprint density at radius 3 is 2.08 bits per heavy atom. The lowest BCUT2D eigenvalue weighted by Crippen LogP contribution is -1.97. The van der Waals surface area contributed by atoms with Crippen molar-refractivity contribution in [2.45, 2.75) is 0 Å². The van der Waals surface area contributed by atoms with Crippen molar-refractivity contribution in [2.24, 2.45) is 0 Å². The van der Waals surface area contributed by atoms with E-state index in [2.05, 4.69) is 108 Å². The van der Waals surface area contributed by atoms with Gasteiger partial charge >= 0.3 is 0 Å². The summed E-state index contributed by atoms with van der Waals surface area (Å²) in [5, 5.41) is 19.5. The summed E-state index contributed by atoms with van der Waals surface area (Å²) in [5.74, 6) is 0. The van der Waals surface area contributed by atoms with E-state index in [1.54, 1.807) is 4.80 Å². The molecule has 0 saturated carbocycles. The van der Waals surface area contributed by atoms with Crippen LogP contribution in [0.25, 0.3) is 76.5 Å². The maximum Gasteiger partial charge on any atom is 0.122 e. The molecule has 7 aromatic carbocycles. The van der Waals surface area contributed by atoms with Crippen LogP contribution in [0.1, 0.15) is 0 Å². The van der Waals surface area contributed by atoms with Crippen molar-refractivity contribution in [2.75, 3.05) is 0 Å². The van der Waals surface area contributed by atoms with Gasteiger partial charge in [-0.1, -0.05) is 91.0 Å². The molecule has 186 valence electrons. The van der Waals surface area contributed by atoms with E-state index in [4.69, 9.17) is 10.2 Å². The van der Waals surface area contributed by atoms with Gasteiger partial charge in [0.15, 0.2) is 0 Å². The molecule has 2 aromatic heterocycles. The quantitative estimate of drug-likeness (QED) is 0.218. The number of para-hydroxylation sites is 2. The SMILES string of the molecule is c1ccc(-n2nc3ccc4ccc5cc(-n6c7ccccc7c7c8ccccc8ccc76)ccc5c4c3n2)cc1. The second kappa shape index (κ2) is 8.01. The molecule has 0 aliphatic rings. The molecule has 0 unspecified atom stereocenters. The van der Waals surface area contributed by atoms with Gasteiger partial charge in [-0.2, -0.15) is 4.80 Å². The van der Waals surface area contributed by atoms with Crippen LogP contribution in [0.2, 0.25) is 0 Å². The third kappa shape index (κ3) is 2.96. The number of hydrogen-bond donors (Lipinski definition) is 0. The van der Waals surface area contributed by atoms with E-state index >= 15 is 0 Å². The molecular weight excluding hydrogens is 488 g/mol. The molecule has 0 radical (unpaired) electrons. The highest BCUT2D eigenvalue weighted by Gasteiger charge is 2.16. The number of aromatic nitrogens is 4. The Morgan fingerprint density at radius 2 is 1.15 bits per heavy atom. The molecule has 0 aliphatic carbocycles. The molecule has 0 atom stereocenters. The third-order valence-electron chi connectivity index (χ3n) is 8.14. The van der Waals surface area contributed by atoms with E-state index < -0.39 is 0 Å². The van der Waals surface area contributed by atoms with Crippen LogP contribution in [0.5, 0.6) is 0 Å². The van der Waals surface area contributed by atoms with Crippen molar-refractivity contribution < 1.29 is 0 Å². The average Bonchev–Trinajstić information content (AvgIpc) is 3.61. The zero-order valence-corrected chi connectivity index (χ0v) is 21.5. The molecule has 2 heterocycles. The van der Waals surface area contributed by atoms with Crippen molar-refractivity contribution in [3.63, 3.8) is 0 Å². The van der Waals surface area contributed by atoms with Crippen LogP contribution in [0.4, 0.5) is 0 Å². The van der Waals surface area contributed by atoms with E-state index in [9.17, 15) is 0 Å². The Kier molecular flexibility index (Phi) is 4.30. The number of nitrogens with zero attached hydrogens (tertiary/aromatic N) is 4.